The number of aromatic nitrogens is 3. The van der Waals surface area contributed by atoms with Gasteiger partial charge in [-0.1, -0.05) is 6.92 Å². The third-order valence-electron chi connectivity index (χ3n) is 6.02. The molecule has 0 amide bonds. The molecular weight excluding hydrogens is 452 g/mol. The second-order valence-electron chi connectivity index (χ2n) is 8.37. The molecule has 1 fully saturated rings. The van der Waals surface area contributed by atoms with Crippen LogP contribution < -0.4 is 15.0 Å². The van der Waals surface area contributed by atoms with Crippen LogP contribution in [0.3, 0.4) is 0 Å². The van der Waals surface area contributed by atoms with E-state index in [1.165, 1.54) is 0 Å². The Morgan fingerprint density at radius 1 is 1.09 bits per heavy atom. The summed E-state index contributed by atoms with van der Waals surface area (Å²) >= 11 is 3.43. The summed E-state index contributed by atoms with van der Waals surface area (Å²) in [6.07, 6.45) is 3.73. The van der Waals surface area contributed by atoms with Crippen molar-refractivity contribution in [2.45, 2.75) is 12.2 Å². The zero-order chi connectivity index (χ0) is 22.8. The third-order valence-corrected chi connectivity index (χ3v) is 7.76. The van der Waals surface area contributed by atoms with E-state index in [9.17, 15) is 0 Å². The fraction of sp³-hybridized carbons (Fsp3) is 0.375. The fourth-order valence-electron chi connectivity index (χ4n) is 3.94. The molecule has 0 aliphatic carbocycles. The Bertz CT molecular complexity index is 1250. The van der Waals surface area contributed by atoms with E-state index in [2.05, 4.69) is 68.5 Å². The van der Waals surface area contributed by atoms with Gasteiger partial charge in [-0.15, -0.1) is 11.3 Å². The highest BCUT2D eigenvalue weighted by molar-refractivity contribution is 7.99. The Labute approximate surface area is 202 Å². The second-order valence-corrected chi connectivity index (χ2v) is 10.5. The summed E-state index contributed by atoms with van der Waals surface area (Å²) in [4.78, 5) is 18.4. The standard InChI is InChI=1S/C24H28N6OS2/c1-16(32-3)13-31-21-12-18(30-8-6-29(2)7-9-30)11-20-23(21)24(26-14-25-20)28-17-4-5-19-22(10-17)33-15-27-19/h4-5,10-12,14-16H,6-9,13H2,1-3H3,(H,25,26,28). The number of fused-ring (bicyclic) bond motifs is 2. The molecule has 1 saturated heterocycles. The summed E-state index contributed by atoms with van der Waals surface area (Å²) in [5, 5.41) is 4.80. The van der Waals surface area contributed by atoms with Crippen molar-refractivity contribution in [1.82, 2.24) is 19.9 Å². The minimum absolute atomic E-state index is 0.391. The number of hydrogen-bond donors (Lipinski definition) is 1. The smallest absolute Gasteiger partial charge is 0.145 e. The van der Waals surface area contributed by atoms with E-state index < -0.39 is 0 Å². The first-order valence-corrected chi connectivity index (χ1v) is 13.3. The van der Waals surface area contributed by atoms with Crippen molar-refractivity contribution in [3.8, 4) is 5.75 Å². The summed E-state index contributed by atoms with van der Waals surface area (Å²) in [5.41, 5.74) is 5.88. The van der Waals surface area contributed by atoms with E-state index in [1.807, 2.05) is 17.6 Å². The van der Waals surface area contributed by atoms with Gasteiger partial charge in [0.05, 0.1) is 33.2 Å². The van der Waals surface area contributed by atoms with Gasteiger partial charge in [0.25, 0.3) is 0 Å². The van der Waals surface area contributed by atoms with Gasteiger partial charge >= 0.3 is 0 Å². The van der Waals surface area contributed by atoms with Crippen LogP contribution in [0, 0.1) is 0 Å². The molecule has 2 aromatic heterocycles. The molecule has 1 N–H and O–H groups in total. The zero-order valence-corrected chi connectivity index (χ0v) is 20.7. The van der Waals surface area contributed by atoms with E-state index in [-0.39, 0.29) is 0 Å². The number of anilines is 3. The average molecular weight is 481 g/mol. The van der Waals surface area contributed by atoms with Gasteiger partial charge < -0.3 is 19.9 Å². The number of thioether (sulfide) groups is 1. The number of benzene rings is 2. The first-order chi connectivity index (χ1) is 16.1. The van der Waals surface area contributed by atoms with Crippen molar-refractivity contribution in [2.24, 2.45) is 0 Å². The topological polar surface area (TPSA) is 66.4 Å². The highest BCUT2D eigenvalue weighted by Crippen LogP contribution is 2.37. The second kappa shape index (κ2) is 9.70. The summed E-state index contributed by atoms with van der Waals surface area (Å²) in [5.74, 6) is 1.57. The lowest BCUT2D eigenvalue weighted by Crippen LogP contribution is -2.44. The number of thiazole rings is 1. The Morgan fingerprint density at radius 3 is 2.76 bits per heavy atom. The number of nitrogens with one attached hydrogen (secondary N) is 1. The van der Waals surface area contributed by atoms with Crippen molar-refractivity contribution < 1.29 is 4.74 Å². The first-order valence-electron chi connectivity index (χ1n) is 11.1. The Hall–Kier alpha value is -2.62. The highest BCUT2D eigenvalue weighted by atomic mass is 32.2. The van der Waals surface area contributed by atoms with Crippen LogP contribution in [0.1, 0.15) is 6.92 Å². The van der Waals surface area contributed by atoms with Crippen LogP contribution in [-0.2, 0) is 0 Å². The average Bonchev–Trinajstić information content (AvgIpc) is 3.30. The molecule has 9 heteroatoms. The summed E-state index contributed by atoms with van der Waals surface area (Å²) < 4.78 is 7.51. The van der Waals surface area contributed by atoms with E-state index in [4.69, 9.17) is 4.74 Å². The Morgan fingerprint density at radius 2 is 1.94 bits per heavy atom. The molecule has 4 aromatic rings. The minimum atomic E-state index is 0.391. The molecular formula is C24H28N6OS2. The number of likely N-dealkylation sites (N-methyl/N-ethyl adjacent to an activating group) is 1. The van der Waals surface area contributed by atoms with Gasteiger partial charge in [0.1, 0.15) is 17.9 Å². The van der Waals surface area contributed by atoms with Crippen molar-refractivity contribution >= 4 is 61.4 Å². The summed E-state index contributed by atoms with van der Waals surface area (Å²) in [6, 6.07) is 10.5. The van der Waals surface area contributed by atoms with Gasteiger partial charge in [0, 0.05) is 48.9 Å². The van der Waals surface area contributed by atoms with Crippen molar-refractivity contribution in [3.05, 3.63) is 42.2 Å². The van der Waals surface area contributed by atoms with Gasteiger partial charge in [-0.3, -0.25) is 0 Å². The van der Waals surface area contributed by atoms with Crippen molar-refractivity contribution in [2.75, 3.05) is 56.3 Å². The van der Waals surface area contributed by atoms with E-state index >= 15 is 0 Å². The Kier molecular flexibility index (Phi) is 6.52. The van der Waals surface area contributed by atoms with Crippen molar-refractivity contribution in [3.63, 3.8) is 0 Å². The molecule has 1 aliphatic rings. The molecule has 5 rings (SSSR count). The van der Waals surface area contributed by atoms with Crippen LogP contribution in [0.4, 0.5) is 17.2 Å². The van der Waals surface area contributed by atoms with Gasteiger partial charge in [-0.05, 0) is 37.6 Å². The first kappa shape index (κ1) is 22.2. The lowest BCUT2D eigenvalue weighted by atomic mass is 10.1. The molecule has 0 spiro atoms. The third kappa shape index (κ3) is 4.85. The summed E-state index contributed by atoms with van der Waals surface area (Å²) in [6.45, 7) is 6.89. The van der Waals surface area contributed by atoms with Crippen LogP contribution in [0.15, 0.2) is 42.2 Å². The van der Waals surface area contributed by atoms with Crippen LogP contribution >= 0.6 is 23.1 Å². The minimum Gasteiger partial charge on any atom is -0.492 e. The maximum absolute atomic E-state index is 6.37. The molecule has 1 unspecified atom stereocenters. The number of ether oxygens (including phenoxy) is 1. The molecule has 33 heavy (non-hydrogen) atoms. The quantitative estimate of drug-likeness (QED) is 0.402. The molecule has 0 bridgehead atoms. The number of rotatable bonds is 7. The predicted molar refractivity (Wildman–Crippen MR) is 141 cm³/mol. The molecule has 0 saturated carbocycles. The monoisotopic (exact) mass is 480 g/mol. The van der Waals surface area contributed by atoms with Gasteiger partial charge in [0.2, 0.25) is 0 Å². The van der Waals surface area contributed by atoms with E-state index in [0.29, 0.717) is 11.9 Å². The predicted octanol–water partition coefficient (Wildman–Crippen LogP) is 4.87. The van der Waals surface area contributed by atoms with E-state index in [1.54, 1.807) is 29.4 Å². The van der Waals surface area contributed by atoms with E-state index in [0.717, 1.165) is 70.2 Å². The van der Waals surface area contributed by atoms with Gasteiger partial charge in [-0.25, -0.2) is 15.0 Å². The Balaban J connectivity index is 1.54. The number of nitrogens with zero attached hydrogens (tertiary/aromatic N) is 5. The molecule has 3 heterocycles. The van der Waals surface area contributed by atoms with Crippen LogP contribution in [0.25, 0.3) is 21.1 Å². The van der Waals surface area contributed by atoms with Gasteiger partial charge in [-0.2, -0.15) is 11.8 Å². The molecule has 1 aliphatic heterocycles. The molecule has 172 valence electrons. The molecule has 2 aromatic carbocycles. The normalized spacial score (nSPS) is 15.8. The highest BCUT2D eigenvalue weighted by Gasteiger charge is 2.19. The fourth-order valence-corrected chi connectivity index (χ4v) is 4.86. The zero-order valence-electron chi connectivity index (χ0n) is 19.1. The summed E-state index contributed by atoms with van der Waals surface area (Å²) in [7, 11) is 2.17. The number of hydrogen-bond acceptors (Lipinski definition) is 9. The van der Waals surface area contributed by atoms with Crippen molar-refractivity contribution in [1.29, 1.82) is 0 Å². The lowest BCUT2D eigenvalue weighted by Gasteiger charge is -2.34. The molecule has 0 radical (unpaired) electrons. The SMILES string of the molecule is CSC(C)COc1cc(N2CCN(C)CC2)cc2ncnc(Nc3ccc4ncsc4c3)c12. The largest absolute Gasteiger partial charge is 0.492 e. The number of piperazine rings is 1. The van der Waals surface area contributed by atoms with Gasteiger partial charge in [0.15, 0.2) is 0 Å². The molecule has 1 atom stereocenters. The maximum atomic E-state index is 6.37. The van der Waals surface area contributed by atoms with Crippen LogP contribution in [0.2, 0.25) is 0 Å². The van der Waals surface area contributed by atoms with Crippen LogP contribution in [-0.4, -0.2) is 71.2 Å². The lowest BCUT2D eigenvalue weighted by molar-refractivity contribution is 0.312. The molecule has 7 nitrogen and oxygen atoms in total. The van der Waals surface area contributed by atoms with Crippen LogP contribution in [0.5, 0.6) is 5.75 Å². The maximum Gasteiger partial charge on any atom is 0.145 e.